The average molecular weight is 287 g/mol. The van der Waals surface area contributed by atoms with E-state index in [1.165, 1.54) is 20.2 Å². The predicted octanol–water partition coefficient (Wildman–Crippen LogP) is 0.336. The van der Waals surface area contributed by atoms with Crippen LogP contribution in [-0.2, 0) is 10.0 Å². The highest BCUT2D eigenvalue weighted by Gasteiger charge is 2.23. The van der Waals surface area contributed by atoms with Gasteiger partial charge in [-0.05, 0) is 19.1 Å². The summed E-state index contributed by atoms with van der Waals surface area (Å²) >= 11 is 0. The molecule has 0 spiro atoms. The highest BCUT2D eigenvalue weighted by molar-refractivity contribution is 7.89. The van der Waals surface area contributed by atoms with E-state index in [4.69, 9.17) is 10.8 Å². The van der Waals surface area contributed by atoms with Gasteiger partial charge in [0.1, 0.15) is 4.90 Å². The number of hydrogen-bond acceptors (Lipinski definition) is 5. The van der Waals surface area contributed by atoms with E-state index in [1.54, 1.807) is 24.1 Å². The lowest BCUT2D eigenvalue weighted by molar-refractivity contribution is 0.270. The molecule has 0 saturated carbocycles. The van der Waals surface area contributed by atoms with Crippen molar-refractivity contribution in [3.05, 3.63) is 18.2 Å². The second-order valence-corrected chi connectivity index (χ2v) is 6.74. The third kappa shape index (κ3) is 2.99. The molecule has 0 bridgehead atoms. The molecule has 1 rings (SSSR count). The SMILES string of the molecule is CC(CO)N(C)c1cccc(S(=O)(=O)N(C)C)c1N. The molecule has 0 fully saturated rings. The zero-order chi connectivity index (χ0) is 14.8. The van der Waals surface area contributed by atoms with Gasteiger partial charge < -0.3 is 15.7 Å². The quantitative estimate of drug-likeness (QED) is 0.762. The molecule has 0 aromatic heterocycles. The van der Waals surface area contributed by atoms with Crippen LogP contribution in [0, 0.1) is 0 Å². The van der Waals surface area contributed by atoms with Crippen LogP contribution in [0.15, 0.2) is 23.1 Å². The topological polar surface area (TPSA) is 86.9 Å². The number of hydrogen-bond donors (Lipinski definition) is 2. The Morgan fingerprint density at radius 1 is 1.32 bits per heavy atom. The minimum atomic E-state index is -3.58. The Hall–Kier alpha value is -1.31. The summed E-state index contributed by atoms with van der Waals surface area (Å²) in [5, 5.41) is 9.17. The summed E-state index contributed by atoms with van der Waals surface area (Å²) in [5.41, 5.74) is 6.75. The van der Waals surface area contributed by atoms with Gasteiger partial charge in [-0.25, -0.2) is 12.7 Å². The Labute approximate surface area is 114 Å². The number of para-hydroxylation sites is 1. The molecule has 1 atom stereocenters. The molecule has 6 nitrogen and oxygen atoms in total. The monoisotopic (exact) mass is 287 g/mol. The van der Waals surface area contributed by atoms with E-state index in [0.29, 0.717) is 5.69 Å². The van der Waals surface area contributed by atoms with Crippen molar-refractivity contribution >= 4 is 21.4 Å². The van der Waals surface area contributed by atoms with Gasteiger partial charge in [0, 0.05) is 27.2 Å². The number of nitrogens with zero attached hydrogens (tertiary/aromatic N) is 2. The number of rotatable bonds is 5. The third-order valence-electron chi connectivity index (χ3n) is 3.11. The molecule has 1 unspecified atom stereocenters. The van der Waals surface area contributed by atoms with Gasteiger partial charge >= 0.3 is 0 Å². The molecule has 3 N–H and O–H groups in total. The first kappa shape index (κ1) is 15.7. The van der Waals surface area contributed by atoms with Gasteiger partial charge in [0.2, 0.25) is 10.0 Å². The van der Waals surface area contributed by atoms with Crippen molar-refractivity contribution in [3.8, 4) is 0 Å². The van der Waals surface area contributed by atoms with Crippen LogP contribution >= 0.6 is 0 Å². The molecule has 0 radical (unpaired) electrons. The lowest BCUT2D eigenvalue weighted by Gasteiger charge is -2.27. The largest absolute Gasteiger partial charge is 0.396 e. The maximum Gasteiger partial charge on any atom is 0.244 e. The van der Waals surface area contributed by atoms with Crippen molar-refractivity contribution in [1.29, 1.82) is 0 Å². The Balaban J connectivity index is 3.35. The van der Waals surface area contributed by atoms with E-state index in [2.05, 4.69) is 0 Å². The summed E-state index contributed by atoms with van der Waals surface area (Å²) in [7, 11) is 1.11. The molecular formula is C12H21N3O3S. The fourth-order valence-corrected chi connectivity index (χ4v) is 2.65. The van der Waals surface area contributed by atoms with E-state index in [9.17, 15) is 8.42 Å². The highest BCUT2D eigenvalue weighted by Crippen LogP contribution is 2.31. The van der Waals surface area contributed by atoms with Crippen LogP contribution in [-0.4, -0.2) is 51.6 Å². The fourth-order valence-electron chi connectivity index (χ4n) is 1.62. The maximum absolute atomic E-state index is 12.1. The van der Waals surface area contributed by atoms with Gasteiger partial charge in [0.25, 0.3) is 0 Å². The number of aliphatic hydroxyl groups is 1. The highest BCUT2D eigenvalue weighted by atomic mass is 32.2. The molecule has 0 amide bonds. The Bertz CT molecular complexity index is 543. The Kier molecular flexibility index (Phi) is 4.78. The standard InChI is InChI=1S/C12H21N3O3S/c1-9(8-16)15(4)10-6-5-7-11(12(10)13)19(17,18)14(2)3/h5-7,9,16H,8,13H2,1-4H3. The first-order valence-electron chi connectivity index (χ1n) is 5.88. The Morgan fingerprint density at radius 2 is 1.89 bits per heavy atom. The summed E-state index contributed by atoms with van der Waals surface area (Å²) in [5.74, 6) is 0. The third-order valence-corrected chi connectivity index (χ3v) is 4.98. The molecular weight excluding hydrogens is 266 g/mol. The van der Waals surface area contributed by atoms with Crippen LogP contribution in [0.3, 0.4) is 0 Å². The summed E-state index contributed by atoms with van der Waals surface area (Å²) in [4.78, 5) is 1.83. The smallest absolute Gasteiger partial charge is 0.244 e. The van der Waals surface area contributed by atoms with E-state index in [1.807, 2.05) is 6.92 Å². The molecule has 19 heavy (non-hydrogen) atoms. The van der Waals surface area contributed by atoms with Crippen LogP contribution < -0.4 is 10.6 Å². The molecule has 0 heterocycles. The van der Waals surface area contributed by atoms with Crippen molar-refractivity contribution in [2.45, 2.75) is 17.9 Å². The second kappa shape index (κ2) is 5.77. The molecule has 7 heteroatoms. The van der Waals surface area contributed by atoms with Gasteiger partial charge in [-0.15, -0.1) is 0 Å². The Morgan fingerprint density at radius 3 is 2.37 bits per heavy atom. The lowest BCUT2D eigenvalue weighted by Crippen LogP contribution is -2.33. The molecule has 108 valence electrons. The van der Waals surface area contributed by atoms with Gasteiger partial charge in [-0.2, -0.15) is 0 Å². The van der Waals surface area contributed by atoms with Gasteiger partial charge in [-0.1, -0.05) is 6.07 Å². The molecule has 0 saturated heterocycles. The predicted molar refractivity (Wildman–Crippen MR) is 76.7 cm³/mol. The van der Waals surface area contributed by atoms with Crippen LogP contribution in [0.5, 0.6) is 0 Å². The number of nitrogen functional groups attached to an aromatic ring is 1. The van der Waals surface area contributed by atoms with E-state index >= 15 is 0 Å². The van der Waals surface area contributed by atoms with E-state index < -0.39 is 10.0 Å². The summed E-state index contributed by atoms with van der Waals surface area (Å²) in [6.45, 7) is 1.78. The van der Waals surface area contributed by atoms with Gasteiger partial charge in [0.15, 0.2) is 0 Å². The minimum Gasteiger partial charge on any atom is -0.396 e. The van der Waals surface area contributed by atoms with Crippen LogP contribution in [0.1, 0.15) is 6.92 Å². The van der Waals surface area contributed by atoms with Gasteiger partial charge in [-0.3, -0.25) is 0 Å². The molecule has 0 aliphatic heterocycles. The number of aliphatic hydroxyl groups excluding tert-OH is 1. The van der Waals surface area contributed by atoms with Crippen molar-refractivity contribution < 1.29 is 13.5 Å². The summed E-state index contributed by atoms with van der Waals surface area (Å²) in [6.07, 6.45) is 0. The van der Waals surface area contributed by atoms with Crippen molar-refractivity contribution in [2.75, 3.05) is 38.4 Å². The fraction of sp³-hybridized carbons (Fsp3) is 0.500. The maximum atomic E-state index is 12.1. The first-order valence-corrected chi connectivity index (χ1v) is 7.32. The zero-order valence-corrected chi connectivity index (χ0v) is 12.5. The molecule has 0 aliphatic carbocycles. The van der Waals surface area contributed by atoms with E-state index in [-0.39, 0.29) is 23.2 Å². The van der Waals surface area contributed by atoms with Crippen molar-refractivity contribution in [3.63, 3.8) is 0 Å². The number of benzene rings is 1. The van der Waals surface area contributed by atoms with E-state index in [0.717, 1.165) is 4.31 Å². The van der Waals surface area contributed by atoms with Crippen LogP contribution in [0.25, 0.3) is 0 Å². The molecule has 0 aliphatic rings. The number of sulfonamides is 1. The number of nitrogens with two attached hydrogens (primary N) is 1. The summed E-state index contributed by atoms with van der Waals surface area (Å²) in [6, 6.07) is 4.70. The minimum absolute atomic E-state index is 0.0411. The first-order chi connectivity index (χ1) is 8.73. The lowest BCUT2D eigenvalue weighted by atomic mass is 10.2. The molecule has 1 aromatic carbocycles. The normalized spacial score (nSPS) is 13.6. The zero-order valence-electron chi connectivity index (χ0n) is 11.7. The average Bonchev–Trinajstić information content (AvgIpc) is 2.36. The second-order valence-electron chi connectivity index (χ2n) is 4.62. The van der Waals surface area contributed by atoms with Crippen molar-refractivity contribution in [1.82, 2.24) is 4.31 Å². The number of anilines is 2. The van der Waals surface area contributed by atoms with Crippen molar-refractivity contribution in [2.24, 2.45) is 0 Å². The van der Waals surface area contributed by atoms with Crippen LogP contribution in [0.4, 0.5) is 11.4 Å². The van der Waals surface area contributed by atoms with Gasteiger partial charge in [0.05, 0.1) is 18.0 Å². The number of likely N-dealkylation sites (N-methyl/N-ethyl adjacent to an activating group) is 1. The summed E-state index contributed by atoms with van der Waals surface area (Å²) < 4.78 is 25.4. The van der Waals surface area contributed by atoms with Crippen LogP contribution in [0.2, 0.25) is 0 Å². The molecule has 1 aromatic rings.